The predicted octanol–water partition coefficient (Wildman–Crippen LogP) is 3.81. The van der Waals surface area contributed by atoms with Crippen molar-refractivity contribution < 1.29 is 17.9 Å². The van der Waals surface area contributed by atoms with E-state index in [0.29, 0.717) is 5.70 Å². The lowest BCUT2D eigenvalue weighted by Crippen LogP contribution is -2.38. The fourth-order valence-corrected chi connectivity index (χ4v) is 4.04. The van der Waals surface area contributed by atoms with Crippen LogP contribution in [0.15, 0.2) is 71.5 Å². The highest BCUT2D eigenvalue weighted by atomic mass is 32.2. The van der Waals surface area contributed by atoms with E-state index in [1.807, 2.05) is 37.3 Å². The van der Waals surface area contributed by atoms with Gasteiger partial charge in [-0.15, -0.1) is 0 Å². The second-order valence-electron chi connectivity index (χ2n) is 6.73. The predicted molar refractivity (Wildman–Crippen MR) is 99.5 cm³/mol. The minimum atomic E-state index is -3.75. The van der Waals surface area contributed by atoms with Gasteiger partial charge in [-0.25, -0.2) is 8.42 Å². The Balaban J connectivity index is 2.00. The van der Waals surface area contributed by atoms with Crippen LogP contribution in [0, 0.1) is 6.92 Å². The molecule has 5 nitrogen and oxygen atoms in total. The highest BCUT2D eigenvalue weighted by Crippen LogP contribution is 2.28. The Bertz CT molecular complexity index is 887. The van der Waals surface area contributed by atoms with Gasteiger partial charge in [-0.3, -0.25) is 4.31 Å². The van der Waals surface area contributed by atoms with E-state index in [1.165, 1.54) is 10.6 Å². The number of hydrogen-bond acceptors (Lipinski definition) is 4. The summed E-state index contributed by atoms with van der Waals surface area (Å²) in [7, 11) is -3.75. The van der Waals surface area contributed by atoms with Crippen LogP contribution in [0.5, 0.6) is 0 Å². The van der Waals surface area contributed by atoms with Crippen LogP contribution in [-0.2, 0) is 26.0 Å². The van der Waals surface area contributed by atoms with E-state index in [4.69, 9.17) is 9.47 Å². The molecule has 1 aliphatic rings. The van der Waals surface area contributed by atoms with Crippen LogP contribution in [0.4, 0.5) is 0 Å². The third-order valence-corrected chi connectivity index (χ3v) is 5.96. The summed E-state index contributed by atoms with van der Waals surface area (Å²) < 4.78 is 39.1. The topological polar surface area (TPSA) is 55.8 Å². The molecule has 0 fully saturated rings. The number of aryl methyl sites for hydroxylation is 1. The molecule has 0 aromatic heterocycles. The maximum atomic E-state index is 13.3. The van der Waals surface area contributed by atoms with Crippen molar-refractivity contribution in [2.75, 3.05) is 6.61 Å². The molecule has 1 heterocycles. The van der Waals surface area contributed by atoms with Gasteiger partial charge in [-0.05, 0) is 24.6 Å². The summed E-state index contributed by atoms with van der Waals surface area (Å²) in [6.07, 6.45) is 1.48. The molecule has 6 heteroatoms. The Hall–Kier alpha value is -2.31. The standard InChI is InChI=1S/C20H23NO4S/c1-16-9-11-19(12-10-16)26(22,23)21(13-17-7-5-4-6-8-17)18-14-24-20(2,3)25-15-18/h4-12,14H,13,15H2,1-3H3. The SMILES string of the molecule is Cc1ccc(S(=O)(=O)N(Cc2ccccc2)C2=COC(C)(C)OC2)cc1. The number of rotatable bonds is 5. The molecular formula is C20H23NO4S. The molecule has 0 N–H and O–H groups in total. The fraction of sp³-hybridized carbons (Fsp3) is 0.300. The van der Waals surface area contributed by atoms with Crippen molar-refractivity contribution in [3.63, 3.8) is 0 Å². The lowest BCUT2D eigenvalue weighted by atomic mass is 10.2. The Labute approximate surface area is 154 Å². The van der Waals surface area contributed by atoms with E-state index in [-0.39, 0.29) is 18.0 Å². The average Bonchev–Trinajstić information content (AvgIpc) is 2.61. The molecule has 0 amide bonds. The molecule has 0 saturated heterocycles. The zero-order valence-corrected chi connectivity index (χ0v) is 16.0. The van der Waals surface area contributed by atoms with Gasteiger partial charge in [0.15, 0.2) is 0 Å². The normalized spacial score (nSPS) is 16.5. The van der Waals surface area contributed by atoms with Crippen LogP contribution >= 0.6 is 0 Å². The average molecular weight is 373 g/mol. The van der Waals surface area contributed by atoms with Crippen molar-refractivity contribution in [3.05, 3.63) is 77.7 Å². The van der Waals surface area contributed by atoms with Crippen LogP contribution in [0.25, 0.3) is 0 Å². The Morgan fingerprint density at radius 1 is 1.04 bits per heavy atom. The summed E-state index contributed by atoms with van der Waals surface area (Å²) in [5.74, 6) is -0.768. The first-order valence-corrected chi connectivity index (χ1v) is 9.86. The van der Waals surface area contributed by atoms with Gasteiger partial charge in [0.25, 0.3) is 10.0 Å². The van der Waals surface area contributed by atoms with Crippen molar-refractivity contribution in [3.8, 4) is 0 Å². The quantitative estimate of drug-likeness (QED) is 0.800. The number of hydrogen-bond donors (Lipinski definition) is 0. The lowest BCUT2D eigenvalue weighted by Gasteiger charge is -2.34. The molecule has 0 unspecified atom stereocenters. The van der Waals surface area contributed by atoms with Gasteiger partial charge in [0, 0.05) is 13.8 Å². The molecule has 138 valence electrons. The third-order valence-electron chi connectivity index (χ3n) is 4.14. The summed E-state index contributed by atoms with van der Waals surface area (Å²) in [6, 6.07) is 16.3. The smallest absolute Gasteiger partial charge is 0.264 e. The van der Waals surface area contributed by atoms with Gasteiger partial charge in [-0.2, -0.15) is 0 Å². The molecule has 1 aliphatic heterocycles. The molecule has 0 radical (unpaired) electrons. The van der Waals surface area contributed by atoms with Crippen molar-refractivity contribution in [2.45, 2.75) is 38.0 Å². The van der Waals surface area contributed by atoms with Crippen LogP contribution in [0.2, 0.25) is 0 Å². The summed E-state index contributed by atoms with van der Waals surface area (Å²) in [6.45, 7) is 5.86. The van der Waals surface area contributed by atoms with Gasteiger partial charge in [-0.1, -0.05) is 48.0 Å². The second kappa shape index (κ2) is 7.13. The van der Waals surface area contributed by atoms with Gasteiger partial charge in [0.2, 0.25) is 5.79 Å². The number of nitrogens with zero attached hydrogens (tertiary/aromatic N) is 1. The van der Waals surface area contributed by atoms with Gasteiger partial charge >= 0.3 is 0 Å². The van der Waals surface area contributed by atoms with Gasteiger partial charge < -0.3 is 9.47 Å². The molecule has 26 heavy (non-hydrogen) atoms. The summed E-state index contributed by atoms with van der Waals surface area (Å²) >= 11 is 0. The second-order valence-corrected chi connectivity index (χ2v) is 8.59. The highest BCUT2D eigenvalue weighted by Gasteiger charge is 2.32. The molecule has 0 saturated carbocycles. The Morgan fingerprint density at radius 2 is 1.69 bits per heavy atom. The minimum absolute atomic E-state index is 0.158. The van der Waals surface area contributed by atoms with E-state index in [1.54, 1.807) is 38.1 Å². The van der Waals surface area contributed by atoms with Crippen molar-refractivity contribution in [2.24, 2.45) is 0 Å². The molecule has 0 aliphatic carbocycles. The summed E-state index contributed by atoms with van der Waals surface area (Å²) in [5.41, 5.74) is 2.35. The van der Waals surface area contributed by atoms with E-state index in [2.05, 4.69) is 0 Å². The van der Waals surface area contributed by atoms with E-state index >= 15 is 0 Å². The van der Waals surface area contributed by atoms with Crippen LogP contribution in [0.1, 0.15) is 25.0 Å². The molecule has 0 bridgehead atoms. The van der Waals surface area contributed by atoms with E-state index in [0.717, 1.165) is 11.1 Å². The van der Waals surface area contributed by atoms with Gasteiger partial charge in [0.1, 0.15) is 6.26 Å². The zero-order valence-electron chi connectivity index (χ0n) is 15.2. The maximum absolute atomic E-state index is 13.3. The van der Waals surface area contributed by atoms with Crippen LogP contribution < -0.4 is 0 Å². The molecule has 0 atom stereocenters. The first-order valence-electron chi connectivity index (χ1n) is 8.42. The van der Waals surface area contributed by atoms with Crippen molar-refractivity contribution in [1.82, 2.24) is 4.31 Å². The summed E-state index contributed by atoms with van der Waals surface area (Å²) in [4.78, 5) is 0.241. The molecule has 2 aromatic carbocycles. The van der Waals surface area contributed by atoms with E-state index in [9.17, 15) is 8.42 Å². The van der Waals surface area contributed by atoms with Crippen molar-refractivity contribution >= 4 is 10.0 Å². The maximum Gasteiger partial charge on any atom is 0.264 e. The van der Waals surface area contributed by atoms with Gasteiger partial charge in [0.05, 0.1) is 23.7 Å². The monoisotopic (exact) mass is 373 g/mol. The van der Waals surface area contributed by atoms with E-state index < -0.39 is 15.8 Å². The first-order chi connectivity index (χ1) is 12.3. The lowest BCUT2D eigenvalue weighted by molar-refractivity contribution is -0.192. The molecule has 3 rings (SSSR count). The third kappa shape index (κ3) is 4.08. The molecule has 2 aromatic rings. The van der Waals surface area contributed by atoms with Crippen LogP contribution in [0.3, 0.4) is 0 Å². The first kappa shape index (κ1) is 18.5. The molecule has 0 spiro atoms. The van der Waals surface area contributed by atoms with Crippen molar-refractivity contribution in [1.29, 1.82) is 0 Å². The minimum Gasteiger partial charge on any atom is -0.469 e. The number of sulfonamides is 1. The molecular weight excluding hydrogens is 350 g/mol. The fourth-order valence-electron chi connectivity index (χ4n) is 2.58. The number of ether oxygens (including phenoxy) is 2. The summed E-state index contributed by atoms with van der Waals surface area (Å²) in [5, 5.41) is 0. The highest BCUT2D eigenvalue weighted by molar-refractivity contribution is 7.89. The Kier molecular flexibility index (Phi) is 5.07. The largest absolute Gasteiger partial charge is 0.469 e. The number of benzene rings is 2. The van der Waals surface area contributed by atoms with Crippen LogP contribution in [-0.4, -0.2) is 25.1 Å². The zero-order chi connectivity index (χ0) is 18.8. The Morgan fingerprint density at radius 3 is 2.27 bits per heavy atom.